The Morgan fingerprint density at radius 1 is 0.821 bits per heavy atom. The second kappa shape index (κ2) is 15.2. The lowest BCUT2D eigenvalue weighted by Gasteiger charge is -2.44. The van der Waals surface area contributed by atoms with Gasteiger partial charge in [-0.3, -0.25) is 19.2 Å². The third-order valence-corrected chi connectivity index (χ3v) is 8.19. The molecule has 0 amide bonds. The summed E-state index contributed by atoms with van der Waals surface area (Å²) in [5.74, 6) is -1.98. The molecule has 0 N–H and O–H groups in total. The molecule has 13 heteroatoms. The molecule has 1 fully saturated rings. The van der Waals surface area contributed by atoms with Crippen molar-refractivity contribution in [3.05, 3.63) is 24.3 Å². The van der Waals surface area contributed by atoms with Crippen LogP contribution < -0.4 is 4.74 Å². The number of thioether (sulfide) groups is 1. The molecule has 0 spiro atoms. The molecule has 0 unspecified atom stereocenters. The molecule has 218 valence electrons. The lowest BCUT2D eigenvalue weighted by atomic mass is 9.99. The fraction of sp³-hybridized carbons (Fsp3) is 0.615. The fourth-order valence-corrected chi connectivity index (χ4v) is 5.44. The monoisotopic (exact) mass is 586 g/mol. The highest BCUT2D eigenvalue weighted by molar-refractivity contribution is 7.99. The Morgan fingerprint density at radius 3 is 1.92 bits per heavy atom. The van der Waals surface area contributed by atoms with Gasteiger partial charge in [0.15, 0.2) is 25.1 Å². The van der Waals surface area contributed by atoms with Crippen molar-refractivity contribution in [1.82, 2.24) is 0 Å². The smallest absolute Gasteiger partial charge is 0.303 e. The van der Waals surface area contributed by atoms with Gasteiger partial charge in [-0.05, 0) is 30.3 Å². The van der Waals surface area contributed by atoms with Gasteiger partial charge in [-0.25, -0.2) is 0 Å². The Hall–Kier alpha value is -2.61. The highest BCUT2D eigenvalue weighted by atomic mass is 32.2. The number of rotatable bonds is 13. The van der Waals surface area contributed by atoms with E-state index < -0.39 is 61.8 Å². The Bertz CT molecular complexity index is 979. The van der Waals surface area contributed by atoms with Crippen LogP contribution in [0.25, 0.3) is 0 Å². The molecule has 0 bridgehead atoms. The second-order valence-corrected chi connectivity index (χ2v) is 16.9. The van der Waals surface area contributed by atoms with Crippen LogP contribution in [-0.4, -0.2) is 81.8 Å². The van der Waals surface area contributed by atoms with E-state index in [4.69, 9.17) is 33.2 Å². The van der Waals surface area contributed by atoms with Gasteiger partial charge < -0.3 is 33.2 Å². The van der Waals surface area contributed by atoms with E-state index in [2.05, 4.69) is 19.6 Å². The minimum absolute atomic E-state index is 0.136. The van der Waals surface area contributed by atoms with Gasteiger partial charge >= 0.3 is 23.9 Å². The van der Waals surface area contributed by atoms with Gasteiger partial charge in [0.25, 0.3) is 0 Å². The van der Waals surface area contributed by atoms with Crippen LogP contribution in [0.2, 0.25) is 25.7 Å². The predicted molar refractivity (Wildman–Crippen MR) is 144 cm³/mol. The third kappa shape index (κ3) is 12.0. The van der Waals surface area contributed by atoms with Crippen LogP contribution in [0, 0.1) is 0 Å². The van der Waals surface area contributed by atoms with Crippen molar-refractivity contribution in [3.63, 3.8) is 0 Å². The van der Waals surface area contributed by atoms with Crippen LogP contribution in [-0.2, 0) is 47.6 Å². The summed E-state index contributed by atoms with van der Waals surface area (Å²) >= 11 is 1.19. The maximum absolute atomic E-state index is 12.0. The van der Waals surface area contributed by atoms with E-state index >= 15 is 0 Å². The summed E-state index contributed by atoms with van der Waals surface area (Å²) in [7, 11) is -1.18. The van der Waals surface area contributed by atoms with Gasteiger partial charge in [0.1, 0.15) is 23.9 Å². The van der Waals surface area contributed by atoms with E-state index in [1.807, 2.05) is 0 Å². The third-order valence-electron chi connectivity index (χ3n) is 5.33. The number of hydrogen-bond donors (Lipinski definition) is 0. The molecule has 5 atom stereocenters. The summed E-state index contributed by atoms with van der Waals surface area (Å²) in [5, 5.41) is 0. The molecular weight excluding hydrogens is 548 g/mol. The van der Waals surface area contributed by atoms with E-state index in [0.29, 0.717) is 12.4 Å². The first-order valence-corrected chi connectivity index (χ1v) is 17.1. The topological polar surface area (TPSA) is 133 Å². The normalized spacial score (nSPS) is 22.9. The second-order valence-electron chi connectivity index (χ2n) is 10.1. The minimum Gasteiger partial charge on any atom is -0.468 e. The number of hydrogen-bond acceptors (Lipinski definition) is 12. The fourth-order valence-electron chi connectivity index (χ4n) is 3.58. The van der Waals surface area contributed by atoms with Crippen molar-refractivity contribution in [2.24, 2.45) is 0 Å². The molecular formula is C26H38O11SSi. The first kappa shape index (κ1) is 32.6. The Balaban J connectivity index is 2.21. The van der Waals surface area contributed by atoms with Gasteiger partial charge in [-0.2, -0.15) is 0 Å². The van der Waals surface area contributed by atoms with Crippen molar-refractivity contribution >= 4 is 43.7 Å². The van der Waals surface area contributed by atoms with Gasteiger partial charge in [0, 0.05) is 47.3 Å². The largest absolute Gasteiger partial charge is 0.468 e. The molecule has 0 radical (unpaired) electrons. The van der Waals surface area contributed by atoms with Crippen molar-refractivity contribution in [1.29, 1.82) is 0 Å². The number of carbonyl (C=O) groups excluding carboxylic acids is 4. The lowest BCUT2D eigenvalue weighted by molar-refractivity contribution is -0.237. The summed E-state index contributed by atoms with van der Waals surface area (Å²) in [4.78, 5) is 48.0. The standard InChI is InChI=1S/C26H38O11SSi/c1-16(27)32-14-22-23(34-17(2)28)24(35-18(3)29)25(36-19(4)30)26(37-22)38-21-10-8-20(9-11-21)33-15-31-12-13-39(5,6)7/h8-11,22-26H,12-15H2,1-7H3/t22-,23+,24+,25-,26+/m1/s1. The Kier molecular flexibility index (Phi) is 12.7. The van der Waals surface area contributed by atoms with Crippen molar-refractivity contribution in [2.75, 3.05) is 20.0 Å². The van der Waals surface area contributed by atoms with E-state index in [9.17, 15) is 19.2 Å². The van der Waals surface area contributed by atoms with E-state index in [0.717, 1.165) is 10.9 Å². The zero-order chi connectivity index (χ0) is 29.2. The molecule has 11 nitrogen and oxygen atoms in total. The average molecular weight is 587 g/mol. The zero-order valence-electron chi connectivity index (χ0n) is 23.4. The van der Waals surface area contributed by atoms with E-state index in [1.165, 1.54) is 39.5 Å². The highest BCUT2D eigenvalue weighted by Gasteiger charge is 2.52. The van der Waals surface area contributed by atoms with Gasteiger partial charge in [0.2, 0.25) is 0 Å². The van der Waals surface area contributed by atoms with Gasteiger partial charge in [-0.15, -0.1) is 0 Å². The molecule has 1 aliphatic rings. The van der Waals surface area contributed by atoms with Crippen LogP contribution in [0.3, 0.4) is 0 Å². The molecule has 1 saturated heterocycles. The first-order chi connectivity index (χ1) is 18.2. The van der Waals surface area contributed by atoms with E-state index in [-0.39, 0.29) is 13.4 Å². The molecule has 0 saturated carbocycles. The molecule has 0 aromatic heterocycles. The SMILES string of the molecule is CC(=O)OC[C@H]1O[C@@H](Sc2ccc(OCOCC[Si](C)(C)C)cc2)[C@H](OC(C)=O)[C@@H](OC(C)=O)[C@H]1OC(C)=O. The molecule has 1 heterocycles. The lowest BCUT2D eigenvalue weighted by Crippen LogP contribution is -2.61. The number of ether oxygens (including phenoxy) is 7. The number of carbonyl (C=O) groups is 4. The van der Waals surface area contributed by atoms with Crippen LogP contribution in [0.5, 0.6) is 5.75 Å². The van der Waals surface area contributed by atoms with E-state index in [1.54, 1.807) is 24.3 Å². The van der Waals surface area contributed by atoms with Crippen molar-refractivity contribution < 1.29 is 52.3 Å². The summed E-state index contributed by atoms with van der Waals surface area (Å²) in [6, 6.07) is 8.14. The molecule has 39 heavy (non-hydrogen) atoms. The van der Waals surface area contributed by atoms with Crippen LogP contribution in [0.1, 0.15) is 27.7 Å². The minimum atomic E-state index is -1.21. The maximum Gasteiger partial charge on any atom is 0.303 e. The Morgan fingerprint density at radius 2 is 1.38 bits per heavy atom. The highest BCUT2D eigenvalue weighted by Crippen LogP contribution is 2.38. The van der Waals surface area contributed by atoms with Gasteiger partial charge in [-0.1, -0.05) is 31.4 Å². The van der Waals surface area contributed by atoms with Gasteiger partial charge in [0.05, 0.1) is 0 Å². The predicted octanol–water partition coefficient (Wildman–Crippen LogP) is 3.55. The summed E-state index contributed by atoms with van der Waals surface area (Å²) in [5.41, 5.74) is -0.901. The number of benzene rings is 1. The Labute approximate surface area is 234 Å². The summed E-state index contributed by atoms with van der Waals surface area (Å²) < 4.78 is 38.8. The molecule has 1 aromatic carbocycles. The zero-order valence-corrected chi connectivity index (χ0v) is 25.2. The first-order valence-electron chi connectivity index (χ1n) is 12.5. The molecule has 2 rings (SSSR count). The summed E-state index contributed by atoms with van der Waals surface area (Å²) in [6.45, 7) is 12.1. The van der Waals surface area contributed by atoms with Crippen LogP contribution in [0.4, 0.5) is 0 Å². The van der Waals surface area contributed by atoms with Crippen molar-refractivity contribution in [2.45, 2.75) is 88.1 Å². The molecule has 0 aliphatic carbocycles. The summed E-state index contributed by atoms with van der Waals surface area (Å²) in [6.07, 6.45) is -4.53. The average Bonchev–Trinajstić information content (AvgIpc) is 2.81. The molecule has 1 aliphatic heterocycles. The quantitative estimate of drug-likeness (QED) is 0.110. The van der Waals surface area contributed by atoms with Crippen LogP contribution in [0.15, 0.2) is 29.2 Å². The molecule has 1 aromatic rings. The number of esters is 4. The van der Waals surface area contributed by atoms with Crippen molar-refractivity contribution in [3.8, 4) is 5.75 Å². The van der Waals surface area contributed by atoms with Crippen LogP contribution >= 0.6 is 11.8 Å². The maximum atomic E-state index is 12.0.